The van der Waals surface area contributed by atoms with E-state index in [4.69, 9.17) is 14.2 Å². The van der Waals surface area contributed by atoms with Gasteiger partial charge in [0, 0.05) is 18.1 Å². The summed E-state index contributed by atoms with van der Waals surface area (Å²) >= 11 is 0. The summed E-state index contributed by atoms with van der Waals surface area (Å²) in [6.45, 7) is 8.94. The predicted molar refractivity (Wildman–Crippen MR) is 120 cm³/mol. The lowest BCUT2D eigenvalue weighted by atomic mass is 9.78. The number of nitro groups is 1. The molecule has 32 heavy (non-hydrogen) atoms. The molecule has 0 spiro atoms. The predicted octanol–water partition coefficient (Wildman–Crippen LogP) is 5.30. The number of nitro benzene ring substituents is 1. The Hall–Kier alpha value is -2.93. The van der Waals surface area contributed by atoms with Gasteiger partial charge in [-0.2, -0.15) is 0 Å². The van der Waals surface area contributed by atoms with Crippen LogP contribution in [0.5, 0.6) is 5.75 Å². The molecule has 0 saturated carbocycles. The molecule has 0 amide bonds. The number of ether oxygens (including phenoxy) is 3. The van der Waals surface area contributed by atoms with E-state index in [2.05, 4.69) is 27.7 Å². The summed E-state index contributed by atoms with van der Waals surface area (Å²) < 4.78 is 17.7. The fourth-order valence-electron chi connectivity index (χ4n) is 4.00. The zero-order chi connectivity index (χ0) is 23.3. The van der Waals surface area contributed by atoms with Crippen molar-refractivity contribution >= 4 is 11.7 Å². The monoisotopic (exact) mass is 441 g/mol. The smallest absolute Gasteiger partial charge is 0.310 e. The second kappa shape index (κ2) is 10.6. The van der Waals surface area contributed by atoms with Crippen LogP contribution in [0.15, 0.2) is 48.5 Å². The van der Waals surface area contributed by atoms with E-state index in [1.807, 2.05) is 24.3 Å². The molecule has 0 aliphatic carbocycles. The minimum atomic E-state index is -0.472. The van der Waals surface area contributed by atoms with Crippen LogP contribution in [0.25, 0.3) is 0 Å². The molecule has 1 fully saturated rings. The van der Waals surface area contributed by atoms with Crippen molar-refractivity contribution in [2.75, 3.05) is 0 Å². The molecule has 0 aromatic heterocycles. The van der Waals surface area contributed by atoms with Gasteiger partial charge in [0.1, 0.15) is 12.4 Å². The SMILES string of the molecule is CCC1O[C@@H](Oc2ccc(COC(=O)Cc3ccc([N+](=O)[O-])cc3)cc2)[C@H](C)C(C)[C@H]1C. The number of hydrogen-bond acceptors (Lipinski definition) is 6. The highest BCUT2D eigenvalue weighted by Gasteiger charge is 2.39. The third-order valence-corrected chi connectivity index (χ3v) is 6.46. The number of carbonyl (C=O) groups excluding carboxylic acids is 1. The van der Waals surface area contributed by atoms with Crippen LogP contribution >= 0.6 is 0 Å². The molecule has 7 heteroatoms. The molecule has 7 nitrogen and oxygen atoms in total. The second-order valence-corrected chi connectivity index (χ2v) is 8.55. The first-order chi connectivity index (χ1) is 15.3. The van der Waals surface area contributed by atoms with E-state index in [-0.39, 0.29) is 37.0 Å². The Balaban J connectivity index is 1.50. The Morgan fingerprint density at radius 1 is 0.969 bits per heavy atom. The molecule has 2 unspecified atom stereocenters. The normalized spacial score (nSPS) is 25.2. The molecule has 3 rings (SSSR count). The highest BCUT2D eigenvalue weighted by atomic mass is 16.7. The molecule has 1 saturated heterocycles. The Labute approximate surface area is 188 Å². The van der Waals surface area contributed by atoms with E-state index in [0.29, 0.717) is 17.4 Å². The molecule has 1 aliphatic rings. The number of nitrogens with zero attached hydrogens (tertiary/aromatic N) is 1. The van der Waals surface area contributed by atoms with Crippen LogP contribution in [-0.4, -0.2) is 23.3 Å². The van der Waals surface area contributed by atoms with Crippen LogP contribution in [0.3, 0.4) is 0 Å². The van der Waals surface area contributed by atoms with Gasteiger partial charge in [0.05, 0.1) is 17.4 Å². The van der Waals surface area contributed by atoms with Crippen molar-refractivity contribution < 1.29 is 23.9 Å². The van der Waals surface area contributed by atoms with Crippen molar-refractivity contribution in [1.82, 2.24) is 0 Å². The van der Waals surface area contributed by atoms with Gasteiger partial charge in [0.2, 0.25) is 6.29 Å². The summed E-state index contributed by atoms with van der Waals surface area (Å²) in [6, 6.07) is 13.3. The van der Waals surface area contributed by atoms with Gasteiger partial charge in [-0.3, -0.25) is 14.9 Å². The molecule has 1 aliphatic heterocycles. The van der Waals surface area contributed by atoms with Gasteiger partial charge in [-0.15, -0.1) is 0 Å². The first-order valence-corrected chi connectivity index (χ1v) is 11.1. The quantitative estimate of drug-likeness (QED) is 0.314. The number of esters is 1. The number of non-ortho nitro benzene ring substituents is 1. The van der Waals surface area contributed by atoms with Crippen molar-refractivity contribution in [2.45, 2.75) is 59.5 Å². The van der Waals surface area contributed by atoms with Crippen LogP contribution < -0.4 is 4.74 Å². The molecule has 0 bridgehead atoms. The van der Waals surface area contributed by atoms with Crippen molar-refractivity contribution in [3.63, 3.8) is 0 Å². The molecular formula is C25H31NO6. The lowest BCUT2D eigenvalue weighted by molar-refractivity contribution is -0.384. The van der Waals surface area contributed by atoms with Gasteiger partial charge in [-0.05, 0) is 41.5 Å². The molecule has 0 radical (unpaired) electrons. The average Bonchev–Trinajstić information content (AvgIpc) is 2.79. The van der Waals surface area contributed by atoms with Gasteiger partial charge in [-0.25, -0.2) is 0 Å². The van der Waals surface area contributed by atoms with Crippen LogP contribution in [0.4, 0.5) is 5.69 Å². The molecule has 1 heterocycles. The van der Waals surface area contributed by atoms with E-state index >= 15 is 0 Å². The largest absolute Gasteiger partial charge is 0.465 e. The minimum absolute atomic E-state index is 0.00775. The van der Waals surface area contributed by atoms with Gasteiger partial charge < -0.3 is 14.2 Å². The summed E-state index contributed by atoms with van der Waals surface area (Å²) in [5.74, 6) is 1.62. The van der Waals surface area contributed by atoms with Gasteiger partial charge >= 0.3 is 5.97 Å². The zero-order valence-electron chi connectivity index (χ0n) is 19.0. The second-order valence-electron chi connectivity index (χ2n) is 8.55. The van der Waals surface area contributed by atoms with E-state index in [9.17, 15) is 14.9 Å². The summed E-state index contributed by atoms with van der Waals surface area (Å²) in [5.41, 5.74) is 1.51. The summed E-state index contributed by atoms with van der Waals surface area (Å²) in [7, 11) is 0. The zero-order valence-corrected chi connectivity index (χ0v) is 19.0. The van der Waals surface area contributed by atoms with Gasteiger partial charge in [0.25, 0.3) is 5.69 Å². The van der Waals surface area contributed by atoms with E-state index in [0.717, 1.165) is 17.7 Å². The van der Waals surface area contributed by atoms with E-state index in [1.165, 1.54) is 12.1 Å². The standard InChI is InChI=1S/C25H31NO6/c1-5-23-17(3)16(2)18(4)25(32-23)31-22-12-8-20(9-13-22)15-30-24(27)14-19-6-10-21(11-7-19)26(28)29/h6-13,16-18,23,25H,5,14-15H2,1-4H3/t16?,17-,18-,23?,25-/m1/s1. The Bertz CT molecular complexity index is 909. The summed E-state index contributed by atoms with van der Waals surface area (Å²) in [6.07, 6.45) is 0.935. The van der Waals surface area contributed by atoms with Crippen LogP contribution in [-0.2, 0) is 27.3 Å². The Morgan fingerprint density at radius 2 is 1.59 bits per heavy atom. The highest BCUT2D eigenvalue weighted by Crippen LogP contribution is 2.37. The fraction of sp³-hybridized carbons (Fsp3) is 0.480. The first-order valence-electron chi connectivity index (χ1n) is 11.1. The molecule has 5 atom stereocenters. The van der Waals surface area contributed by atoms with Gasteiger partial charge in [0.15, 0.2) is 0 Å². The molecule has 0 N–H and O–H groups in total. The number of carbonyl (C=O) groups is 1. The van der Waals surface area contributed by atoms with Crippen LogP contribution in [0, 0.1) is 27.9 Å². The third-order valence-electron chi connectivity index (χ3n) is 6.46. The van der Waals surface area contributed by atoms with Gasteiger partial charge in [-0.1, -0.05) is 52.0 Å². The minimum Gasteiger partial charge on any atom is -0.465 e. The maximum absolute atomic E-state index is 12.1. The maximum Gasteiger partial charge on any atom is 0.310 e. The average molecular weight is 442 g/mol. The van der Waals surface area contributed by atoms with E-state index in [1.54, 1.807) is 12.1 Å². The maximum atomic E-state index is 12.1. The lowest BCUT2D eigenvalue weighted by Gasteiger charge is -2.43. The Morgan fingerprint density at radius 3 is 2.19 bits per heavy atom. The first kappa shape index (κ1) is 23.7. The summed E-state index contributed by atoms with van der Waals surface area (Å²) in [4.78, 5) is 22.3. The van der Waals surface area contributed by atoms with Crippen molar-refractivity contribution in [3.05, 3.63) is 69.8 Å². The Kier molecular flexibility index (Phi) is 7.85. The van der Waals surface area contributed by atoms with Crippen molar-refractivity contribution in [1.29, 1.82) is 0 Å². The molecular weight excluding hydrogens is 410 g/mol. The molecule has 2 aromatic rings. The van der Waals surface area contributed by atoms with Crippen LogP contribution in [0.2, 0.25) is 0 Å². The van der Waals surface area contributed by atoms with E-state index < -0.39 is 10.9 Å². The molecule has 2 aromatic carbocycles. The third kappa shape index (κ3) is 5.85. The number of hydrogen-bond donors (Lipinski definition) is 0. The number of rotatable bonds is 8. The summed E-state index contributed by atoms with van der Waals surface area (Å²) in [5, 5.41) is 10.7. The molecule has 172 valence electrons. The van der Waals surface area contributed by atoms with Crippen molar-refractivity contribution in [3.8, 4) is 5.75 Å². The number of benzene rings is 2. The lowest BCUT2D eigenvalue weighted by Crippen LogP contribution is -2.46. The highest BCUT2D eigenvalue weighted by molar-refractivity contribution is 5.72. The van der Waals surface area contributed by atoms with Crippen LogP contribution in [0.1, 0.15) is 45.2 Å². The van der Waals surface area contributed by atoms with Crippen molar-refractivity contribution in [2.24, 2.45) is 17.8 Å². The topological polar surface area (TPSA) is 87.9 Å². The fourth-order valence-corrected chi connectivity index (χ4v) is 4.00.